The number of piperazine rings is 1. The molecule has 1 unspecified atom stereocenters. The summed E-state index contributed by atoms with van der Waals surface area (Å²) in [6.45, 7) is 8.12. The van der Waals surface area contributed by atoms with Gasteiger partial charge < -0.3 is 20.3 Å². The number of nitrogens with zero attached hydrogens (tertiary/aromatic N) is 2. The Morgan fingerprint density at radius 1 is 1.20 bits per heavy atom. The maximum Gasteiger partial charge on any atom is 0.337 e. The lowest BCUT2D eigenvalue weighted by molar-refractivity contribution is -0.136. The number of esters is 1. The van der Waals surface area contributed by atoms with E-state index < -0.39 is 6.04 Å². The van der Waals surface area contributed by atoms with E-state index in [0.29, 0.717) is 12.1 Å². The number of halogens is 1. The Bertz CT molecular complexity index is 592. The van der Waals surface area contributed by atoms with E-state index in [0.717, 1.165) is 18.8 Å². The van der Waals surface area contributed by atoms with Crippen LogP contribution < -0.4 is 10.6 Å². The van der Waals surface area contributed by atoms with Crippen LogP contribution in [0.2, 0.25) is 0 Å². The number of hydrogen-bond donors (Lipinski definition) is 1. The van der Waals surface area contributed by atoms with Crippen LogP contribution in [-0.2, 0) is 9.53 Å². The van der Waals surface area contributed by atoms with Gasteiger partial charge in [0.15, 0.2) is 0 Å². The normalized spacial score (nSPS) is 18.6. The van der Waals surface area contributed by atoms with Gasteiger partial charge >= 0.3 is 5.97 Å². The molecule has 1 heterocycles. The molecule has 2 atom stereocenters. The Balaban J connectivity index is 0.00000312. The molecule has 1 aromatic carbocycles. The van der Waals surface area contributed by atoms with Gasteiger partial charge in [0.2, 0.25) is 5.91 Å². The number of anilines is 1. The van der Waals surface area contributed by atoms with E-state index in [-0.39, 0.29) is 36.2 Å². The van der Waals surface area contributed by atoms with E-state index in [4.69, 9.17) is 10.5 Å². The molecular formula is C18H28ClN3O3. The van der Waals surface area contributed by atoms with E-state index in [1.54, 1.807) is 12.1 Å². The highest BCUT2D eigenvalue weighted by Gasteiger charge is 2.31. The number of hydrogen-bond acceptors (Lipinski definition) is 5. The van der Waals surface area contributed by atoms with E-state index in [1.807, 2.05) is 37.8 Å². The zero-order valence-electron chi connectivity index (χ0n) is 15.3. The summed E-state index contributed by atoms with van der Waals surface area (Å²) in [6, 6.07) is 7.00. The molecule has 1 aliphatic rings. The second-order valence-corrected chi connectivity index (χ2v) is 6.63. The van der Waals surface area contributed by atoms with Crippen molar-refractivity contribution in [1.82, 2.24) is 4.90 Å². The first kappa shape index (κ1) is 21.3. The van der Waals surface area contributed by atoms with Crippen LogP contribution in [0, 0.1) is 5.92 Å². The van der Waals surface area contributed by atoms with E-state index >= 15 is 0 Å². The van der Waals surface area contributed by atoms with Crippen molar-refractivity contribution in [1.29, 1.82) is 0 Å². The van der Waals surface area contributed by atoms with Crippen molar-refractivity contribution < 1.29 is 14.3 Å². The quantitative estimate of drug-likeness (QED) is 0.820. The largest absolute Gasteiger partial charge is 0.465 e. The van der Waals surface area contributed by atoms with Crippen LogP contribution in [0.25, 0.3) is 0 Å². The predicted octanol–water partition coefficient (Wildman–Crippen LogP) is 1.92. The van der Waals surface area contributed by atoms with Crippen LogP contribution in [0.4, 0.5) is 5.69 Å². The molecule has 1 saturated heterocycles. The van der Waals surface area contributed by atoms with Crippen LogP contribution in [0.1, 0.15) is 31.1 Å². The summed E-state index contributed by atoms with van der Waals surface area (Å²) in [5.74, 6) is -0.181. The molecule has 0 aromatic heterocycles. The molecule has 1 aliphatic heterocycles. The summed E-state index contributed by atoms with van der Waals surface area (Å²) in [4.78, 5) is 28.1. The van der Waals surface area contributed by atoms with E-state index in [2.05, 4.69) is 4.90 Å². The molecule has 1 aromatic rings. The smallest absolute Gasteiger partial charge is 0.337 e. The highest BCUT2D eigenvalue weighted by molar-refractivity contribution is 5.89. The van der Waals surface area contributed by atoms with Crippen LogP contribution >= 0.6 is 12.4 Å². The van der Waals surface area contributed by atoms with Gasteiger partial charge in [-0.1, -0.05) is 13.8 Å². The number of nitrogens with two attached hydrogens (primary N) is 1. The van der Waals surface area contributed by atoms with Gasteiger partial charge in [-0.05, 0) is 37.1 Å². The SMILES string of the molecule is COC(=O)c1ccc(N2CCN(C(=O)[C@@H](N)C(C)C)C(C)C2)cc1.Cl. The minimum absolute atomic E-state index is 0. The highest BCUT2D eigenvalue weighted by atomic mass is 35.5. The molecule has 0 radical (unpaired) electrons. The fourth-order valence-electron chi connectivity index (χ4n) is 2.92. The number of ether oxygens (including phenoxy) is 1. The molecule has 0 saturated carbocycles. The molecular weight excluding hydrogens is 342 g/mol. The van der Waals surface area contributed by atoms with Crippen molar-refractivity contribution in [2.75, 3.05) is 31.6 Å². The first-order valence-corrected chi connectivity index (χ1v) is 8.34. The van der Waals surface area contributed by atoms with Crippen molar-refractivity contribution >= 4 is 30.0 Å². The standard InChI is InChI=1S/C18H27N3O3.ClH/c1-12(2)16(19)17(22)21-10-9-20(11-13(21)3)15-7-5-14(6-8-15)18(23)24-4;/h5-8,12-13,16H,9-11,19H2,1-4H3;1H/t13?,16-;/m0./s1. The molecule has 0 spiro atoms. The number of carbonyl (C=O) groups is 2. The Morgan fingerprint density at radius 2 is 1.80 bits per heavy atom. The van der Waals surface area contributed by atoms with Gasteiger partial charge in [0, 0.05) is 31.4 Å². The average Bonchev–Trinajstić information content (AvgIpc) is 2.59. The van der Waals surface area contributed by atoms with Gasteiger partial charge in [-0.25, -0.2) is 4.79 Å². The van der Waals surface area contributed by atoms with Gasteiger partial charge in [0.05, 0.1) is 18.7 Å². The second-order valence-electron chi connectivity index (χ2n) is 6.63. The van der Waals surface area contributed by atoms with Crippen LogP contribution in [-0.4, -0.2) is 55.6 Å². The van der Waals surface area contributed by atoms with Crippen molar-refractivity contribution in [3.63, 3.8) is 0 Å². The molecule has 2 rings (SSSR count). The zero-order chi connectivity index (χ0) is 17.9. The number of rotatable bonds is 4. The van der Waals surface area contributed by atoms with Gasteiger partial charge in [0.25, 0.3) is 0 Å². The van der Waals surface area contributed by atoms with Crippen molar-refractivity contribution in [3.8, 4) is 0 Å². The fraction of sp³-hybridized carbons (Fsp3) is 0.556. The Kier molecular flexibility index (Phi) is 7.70. The molecule has 6 nitrogen and oxygen atoms in total. The zero-order valence-corrected chi connectivity index (χ0v) is 16.1. The van der Waals surface area contributed by atoms with Gasteiger partial charge in [-0.2, -0.15) is 0 Å². The maximum atomic E-state index is 12.5. The van der Waals surface area contributed by atoms with Crippen LogP contribution in [0.15, 0.2) is 24.3 Å². The molecule has 1 fully saturated rings. The van der Waals surface area contributed by atoms with Crippen molar-refractivity contribution in [2.24, 2.45) is 11.7 Å². The van der Waals surface area contributed by atoms with Gasteiger partial charge in [-0.3, -0.25) is 4.79 Å². The third-order valence-corrected chi connectivity index (χ3v) is 4.57. The summed E-state index contributed by atoms with van der Waals surface area (Å²) in [6.07, 6.45) is 0. The summed E-state index contributed by atoms with van der Waals surface area (Å²) < 4.78 is 4.71. The topological polar surface area (TPSA) is 75.9 Å². The van der Waals surface area contributed by atoms with Crippen LogP contribution in [0.5, 0.6) is 0 Å². The summed E-state index contributed by atoms with van der Waals surface area (Å²) in [5.41, 5.74) is 7.58. The first-order chi connectivity index (χ1) is 11.3. The molecule has 25 heavy (non-hydrogen) atoms. The van der Waals surface area contributed by atoms with Crippen molar-refractivity contribution in [3.05, 3.63) is 29.8 Å². The number of benzene rings is 1. The van der Waals surface area contributed by atoms with Crippen molar-refractivity contribution in [2.45, 2.75) is 32.9 Å². The number of methoxy groups -OCH3 is 1. The van der Waals surface area contributed by atoms with E-state index in [9.17, 15) is 9.59 Å². The second kappa shape index (κ2) is 9.06. The molecule has 7 heteroatoms. The number of carbonyl (C=O) groups excluding carboxylic acids is 2. The first-order valence-electron chi connectivity index (χ1n) is 8.34. The Morgan fingerprint density at radius 3 is 2.28 bits per heavy atom. The fourth-order valence-corrected chi connectivity index (χ4v) is 2.92. The molecule has 140 valence electrons. The molecule has 0 bridgehead atoms. The minimum Gasteiger partial charge on any atom is -0.465 e. The van der Waals surface area contributed by atoms with E-state index in [1.165, 1.54) is 7.11 Å². The molecule has 0 aliphatic carbocycles. The Labute approximate surface area is 155 Å². The number of amides is 1. The molecule has 2 N–H and O–H groups in total. The maximum absolute atomic E-state index is 12.5. The molecule has 1 amide bonds. The third kappa shape index (κ3) is 4.86. The lowest BCUT2D eigenvalue weighted by Crippen LogP contribution is -2.58. The lowest BCUT2D eigenvalue weighted by atomic mass is 10.0. The van der Waals surface area contributed by atoms with Gasteiger partial charge in [-0.15, -0.1) is 12.4 Å². The third-order valence-electron chi connectivity index (χ3n) is 4.57. The van der Waals surface area contributed by atoms with Crippen LogP contribution in [0.3, 0.4) is 0 Å². The summed E-state index contributed by atoms with van der Waals surface area (Å²) in [5, 5.41) is 0. The monoisotopic (exact) mass is 369 g/mol. The summed E-state index contributed by atoms with van der Waals surface area (Å²) >= 11 is 0. The average molecular weight is 370 g/mol. The Hall–Kier alpha value is -1.79. The lowest BCUT2D eigenvalue weighted by Gasteiger charge is -2.42. The highest BCUT2D eigenvalue weighted by Crippen LogP contribution is 2.21. The summed E-state index contributed by atoms with van der Waals surface area (Å²) in [7, 11) is 1.37. The minimum atomic E-state index is -0.446. The van der Waals surface area contributed by atoms with Gasteiger partial charge in [0.1, 0.15) is 0 Å². The predicted molar refractivity (Wildman–Crippen MR) is 101 cm³/mol.